The van der Waals surface area contributed by atoms with Crippen molar-refractivity contribution >= 4 is 43.9 Å². The van der Waals surface area contributed by atoms with Crippen LogP contribution in [0.5, 0.6) is 0 Å². The summed E-state index contributed by atoms with van der Waals surface area (Å²) in [6.45, 7) is 2.89. The van der Waals surface area contributed by atoms with Crippen molar-refractivity contribution in [2.24, 2.45) is 0 Å². The molecule has 2 aromatic heterocycles. The lowest BCUT2D eigenvalue weighted by Gasteiger charge is -2.29. The first kappa shape index (κ1) is 22.1. The fourth-order valence-electron chi connectivity index (χ4n) is 3.48. The number of piperidine rings is 1. The first-order chi connectivity index (χ1) is 14.9. The van der Waals surface area contributed by atoms with Crippen LogP contribution in [-0.2, 0) is 16.6 Å². The Morgan fingerprint density at radius 2 is 2.03 bits per heavy atom. The molecule has 3 heterocycles. The largest absolute Gasteiger partial charge is 0.313 e. The summed E-state index contributed by atoms with van der Waals surface area (Å²) < 4.78 is 41.2. The zero-order chi connectivity index (χ0) is 22.0. The van der Waals surface area contributed by atoms with Crippen molar-refractivity contribution in [1.29, 1.82) is 0 Å². The molecule has 1 aliphatic heterocycles. The second-order valence-corrected chi connectivity index (χ2v) is 10.9. The van der Waals surface area contributed by atoms with Gasteiger partial charge in [-0.1, -0.05) is 29.0 Å². The van der Waals surface area contributed by atoms with Crippen molar-refractivity contribution in [2.75, 3.05) is 24.2 Å². The molecule has 0 unspecified atom stereocenters. The summed E-state index contributed by atoms with van der Waals surface area (Å²) >= 11 is 7.52. The van der Waals surface area contributed by atoms with Crippen molar-refractivity contribution in [3.05, 3.63) is 51.9 Å². The lowest BCUT2D eigenvalue weighted by molar-refractivity contribution is 0.319. The highest BCUT2D eigenvalue weighted by Crippen LogP contribution is 2.33. The maximum atomic E-state index is 14.0. The van der Waals surface area contributed by atoms with Crippen molar-refractivity contribution in [3.63, 3.8) is 0 Å². The molecule has 0 saturated carbocycles. The number of benzene rings is 1. The summed E-state index contributed by atoms with van der Waals surface area (Å²) in [6, 6.07) is 6.35. The van der Waals surface area contributed by atoms with E-state index in [1.54, 1.807) is 40.3 Å². The van der Waals surface area contributed by atoms with E-state index in [0.717, 1.165) is 17.8 Å². The molecule has 166 valence electrons. The van der Waals surface area contributed by atoms with Gasteiger partial charge in [-0.05, 0) is 31.9 Å². The van der Waals surface area contributed by atoms with E-state index >= 15 is 0 Å². The number of anilines is 2. The molecule has 0 radical (unpaired) electrons. The Morgan fingerprint density at radius 1 is 1.26 bits per heavy atom. The second kappa shape index (κ2) is 9.19. The normalized spacial score (nSPS) is 16.0. The van der Waals surface area contributed by atoms with Crippen LogP contribution in [0, 0.1) is 5.82 Å². The highest BCUT2D eigenvalue weighted by molar-refractivity contribution is 7.89. The molecule has 1 saturated heterocycles. The Balaban J connectivity index is 1.37. The van der Waals surface area contributed by atoms with E-state index in [2.05, 4.69) is 20.6 Å². The third-order valence-electron chi connectivity index (χ3n) is 5.26. The lowest BCUT2D eigenvalue weighted by atomic mass is 9.99. The van der Waals surface area contributed by atoms with Gasteiger partial charge in [0.15, 0.2) is 5.82 Å². The fraction of sp³-hybridized carbons (Fsp3) is 0.421. The van der Waals surface area contributed by atoms with Crippen LogP contribution in [0.15, 0.2) is 30.5 Å². The van der Waals surface area contributed by atoms with E-state index in [1.165, 1.54) is 17.4 Å². The number of sulfonamides is 1. The Hall–Kier alpha value is -2.08. The third-order valence-corrected chi connectivity index (χ3v) is 8.50. The minimum atomic E-state index is -3.14. The van der Waals surface area contributed by atoms with Gasteiger partial charge in [0, 0.05) is 41.9 Å². The van der Waals surface area contributed by atoms with Gasteiger partial charge in [0.2, 0.25) is 15.2 Å². The van der Waals surface area contributed by atoms with Crippen LogP contribution in [-0.4, -0.2) is 51.5 Å². The third kappa shape index (κ3) is 5.05. The maximum absolute atomic E-state index is 14.0. The SMILES string of the molecule is CCS(=O)(=O)N1CCC(c2nnc(Nc3ccn(Cc4c(F)cccc4Cl)n3)s2)CC1. The van der Waals surface area contributed by atoms with Gasteiger partial charge in [0.1, 0.15) is 10.8 Å². The van der Waals surface area contributed by atoms with E-state index in [4.69, 9.17) is 11.6 Å². The molecule has 0 amide bonds. The minimum Gasteiger partial charge on any atom is -0.313 e. The number of hydrogen-bond donors (Lipinski definition) is 1. The molecule has 0 spiro atoms. The average Bonchev–Trinajstić information content (AvgIpc) is 3.41. The highest BCUT2D eigenvalue weighted by Gasteiger charge is 2.29. The summed E-state index contributed by atoms with van der Waals surface area (Å²) in [4.78, 5) is 0. The quantitative estimate of drug-likeness (QED) is 0.547. The predicted octanol–water partition coefficient (Wildman–Crippen LogP) is 3.85. The van der Waals surface area contributed by atoms with Crippen molar-refractivity contribution in [3.8, 4) is 0 Å². The van der Waals surface area contributed by atoms with Crippen LogP contribution in [0.25, 0.3) is 0 Å². The van der Waals surface area contributed by atoms with Crippen molar-refractivity contribution < 1.29 is 12.8 Å². The van der Waals surface area contributed by atoms with Crippen LogP contribution in [0.2, 0.25) is 5.02 Å². The summed E-state index contributed by atoms with van der Waals surface area (Å²) in [5, 5.41) is 17.8. The molecule has 31 heavy (non-hydrogen) atoms. The smallest absolute Gasteiger partial charge is 0.213 e. The average molecular weight is 485 g/mol. The zero-order valence-electron chi connectivity index (χ0n) is 16.8. The number of halogens is 2. The fourth-order valence-corrected chi connectivity index (χ4v) is 5.76. The van der Waals surface area contributed by atoms with Gasteiger partial charge < -0.3 is 5.32 Å². The van der Waals surface area contributed by atoms with Crippen LogP contribution in [0.4, 0.5) is 15.3 Å². The summed E-state index contributed by atoms with van der Waals surface area (Å²) in [5.74, 6) is 0.514. The molecule has 0 bridgehead atoms. The summed E-state index contributed by atoms with van der Waals surface area (Å²) in [5.41, 5.74) is 0.383. The molecule has 0 aliphatic carbocycles. The van der Waals surface area contributed by atoms with Gasteiger partial charge in [0.05, 0.1) is 12.3 Å². The molecule has 12 heteroatoms. The minimum absolute atomic E-state index is 0.125. The molecule has 1 fully saturated rings. The molecule has 8 nitrogen and oxygen atoms in total. The van der Waals surface area contributed by atoms with Crippen LogP contribution in [0.1, 0.15) is 36.3 Å². The van der Waals surface area contributed by atoms with Gasteiger partial charge in [-0.25, -0.2) is 17.1 Å². The van der Waals surface area contributed by atoms with E-state index in [9.17, 15) is 12.8 Å². The Morgan fingerprint density at radius 3 is 2.74 bits per heavy atom. The van der Waals surface area contributed by atoms with Gasteiger partial charge in [-0.3, -0.25) is 4.68 Å². The molecule has 1 aromatic carbocycles. The first-order valence-corrected chi connectivity index (χ1v) is 12.7. The maximum Gasteiger partial charge on any atom is 0.213 e. The van der Waals surface area contributed by atoms with Crippen molar-refractivity contribution in [1.82, 2.24) is 24.3 Å². The lowest BCUT2D eigenvalue weighted by Crippen LogP contribution is -2.38. The van der Waals surface area contributed by atoms with Gasteiger partial charge in [-0.2, -0.15) is 5.10 Å². The molecule has 4 rings (SSSR count). The van der Waals surface area contributed by atoms with Crippen LogP contribution in [0.3, 0.4) is 0 Å². The molecule has 1 N–H and O–H groups in total. The molecular formula is C19H22ClFN6O2S2. The zero-order valence-corrected chi connectivity index (χ0v) is 19.2. The van der Waals surface area contributed by atoms with E-state index in [-0.39, 0.29) is 24.0 Å². The number of hydrogen-bond acceptors (Lipinski definition) is 7. The topological polar surface area (TPSA) is 93.0 Å². The molecular weight excluding hydrogens is 463 g/mol. The number of aromatic nitrogens is 4. The van der Waals surface area contributed by atoms with Crippen molar-refractivity contribution in [2.45, 2.75) is 32.2 Å². The van der Waals surface area contributed by atoms with Gasteiger partial charge in [0.25, 0.3) is 0 Å². The van der Waals surface area contributed by atoms with E-state index < -0.39 is 10.0 Å². The molecule has 0 atom stereocenters. The Kier molecular flexibility index (Phi) is 6.56. The highest BCUT2D eigenvalue weighted by atomic mass is 35.5. The first-order valence-electron chi connectivity index (χ1n) is 9.90. The molecule has 1 aliphatic rings. The van der Waals surface area contributed by atoms with Gasteiger partial charge >= 0.3 is 0 Å². The second-order valence-electron chi connectivity index (χ2n) is 7.24. The number of nitrogens with zero attached hydrogens (tertiary/aromatic N) is 5. The van der Waals surface area contributed by atoms with Crippen LogP contribution >= 0.6 is 22.9 Å². The van der Waals surface area contributed by atoms with Gasteiger partial charge in [-0.15, -0.1) is 10.2 Å². The molecule has 3 aromatic rings. The Labute approximate surface area is 189 Å². The number of rotatable bonds is 7. The van der Waals surface area contributed by atoms with Crippen LogP contribution < -0.4 is 5.32 Å². The van der Waals surface area contributed by atoms with E-state index in [0.29, 0.717) is 34.6 Å². The Bertz CT molecular complexity index is 1140. The summed E-state index contributed by atoms with van der Waals surface area (Å²) in [7, 11) is -3.14. The monoisotopic (exact) mass is 484 g/mol. The van der Waals surface area contributed by atoms with E-state index in [1.807, 2.05) is 0 Å². The summed E-state index contributed by atoms with van der Waals surface area (Å²) in [6.07, 6.45) is 3.19. The number of nitrogens with one attached hydrogen (secondary N) is 1. The predicted molar refractivity (Wildman–Crippen MR) is 119 cm³/mol. The standard InChI is InChI=1S/C19H22ClFN6O2S2/c1-2-31(28,29)27-10-6-13(7-11-27)18-23-24-19(30-18)22-17-8-9-26(25-17)12-14-15(20)4-3-5-16(14)21/h3-5,8-9,13H,2,6-7,10-12H2,1H3,(H,22,24,25).